The lowest BCUT2D eigenvalue weighted by Crippen LogP contribution is -2.26. The fourth-order valence-electron chi connectivity index (χ4n) is 0.913. The van der Waals surface area contributed by atoms with Gasteiger partial charge in [-0.25, -0.2) is 8.42 Å². The van der Waals surface area contributed by atoms with Crippen LogP contribution in [-0.2, 0) is 14.6 Å². The van der Waals surface area contributed by atoms with Gasteiger partial charge < -0.3 is 11.1 Å². The van der Waals surface area contributed by atoms with Crippen LogP contribution in [0.5, 0.6) is 0 Å². The zero-order valence-corrected chi connectivity index (χ0v) is 9.27. The number of rotatable bonds is 7. The van der Waals surface area contributed by atoms with Crippen molar-refractivity contribution >= 4 is 15.7 Å². The number of nitrogens with two attached hydrogens (primary N) is 1. The summed E-state index contributed by atoms with van der Waals surface area (Å²) in [6.45, 7) is 0.910. The lowest BCUT2D eigenvalue weighted by atomic mass is 10.3. The molecule has 0 aliphatic carbocycles. The predicted octanol–water partition coefficient (Wildman–Crippen LogP) is -0.724. The largest absolute Gasteiger partial charge is 0.356 e. The number of amides is 1. The monoisotopic (exact) mass is 222 g/mol. The van der Waals surface area contributed by atoms with Crippen LogP contribution >= 0.6 is 0 Å². The van der Waals surface area contributed by atoms with Crippen LogP contribution < -0.4 is 11.1 Å². The Bertz CT molecular complexity index is 262. The van der Waals surface area contributed by atoms with Gasteiger partial charge in [0.05, 0.1) is 5.75 Å². The van der Waals surface area contributed by atoms with Crippen molar-refractivity contribution < 1.29 is 13.2 Å². The van der Waals surface area contributed by atoms with Crippen LogP contribution in [0.15, 0.2) is 0 Å². The zero-order valence-electron chi connectivity index (χ0n) is 8.45. The smallest absolute Gasteiger partial charge is 0.220 e. The maximum atomic E-state index is 11.0. The van der Waals surface area contributed by atoms with Gasteiger partial charge in [-0.1, -0.05) is 0 Å². The second-order valence-electron chi connectivity index (χ2n) is 3.23. The van der Waals surface area contributed by atoms with Gasteiger partial charge in [-0.3, -0.25) is 4.79 Å². The predicted molar refractivity (Wildman–Crippen MR) is 55.6 cm³/mol. The minimum atomic E-state index is -2.91. The van der Waals surface area contributed by atoms with Crippen LogP contribution in [-0.4, -0.2) is 39.4 Å². The molecule has 0 fully saturated rings. The van der Waals surface area contributed by atoms with Crippen molar-refractivity contribution in [1.29, 1.82) is 0 Å². The minimum Gasteiger partial charge on any atom is -0.356 e. The molecular weight excluding hydrogens is 204 g/mol. The van der Waals surface area contributed by atoms with E-state index in [-0.39, 0.29) is 11.7 Å². The van der Waals surface area contributed by atoms with Gasteiger partial charge in [0.15, 0.2) is 0 Å². The van der Waals surface area contributed by atoms with Crippen molar-refractivity contribution in [3.05, 3.63) is 0 Å². The highest BCUT2D eigenvalue weighted by atomic mass is 32.2. The number of hydrogen-bond donors (Lipinski definition) is 2. The van der Waals surface area contributed by atoms with Crippen LogP contribution in [0.3, 0.4) is 0 Å². The molecule has 1 amide bonds. The third kappa shape index (κ3) is 9.47. The van der Waals surface area contributed by atoms with Gasteiger partial charge in [0.25, 0.3) is 0 Å². The number of carbonyl (C=O) groups excluding carboxylic acids is 1. The highest BCUT2D eigenvalue weighted by molar-refractivity contribution is 7.90. The summed E-state index contributed by atoms with van der Waals surface area (Å²) in [6, 6.07) is 0. The van der Waals surface area contributed by atoms with Gasteiger partial charge in [-0.05, 0) is 19.4 Å². The maximum Gasteiger partial charge on any atom is 0.220 e. The molecule has 0 bridgehead atoms. The van der Waals surface area contributed by atoms with E-state index in [1.165, 1.54) is 6.26 Å². The first kappa shape index (κ1) is 13.4. The molecule has 0 heterocycles. The first-order chi connectivity index (χ1) is 6.45. The Labute approximate surface area is 85.0 Å². The van der Waals surface area contributed by atoms with E-state index in [2.05, 4.69) is 5.32 Å². The summed E-state index contributed by atoms with van der Waals surface area (Å²) in [5.41, 5.74) is 5.23. The highest BCUT2D eigenvalue weighted by Crippen LogP contribution is 1.89. The topological polar surface area (TPSA) is 89.3 Å². The number of nitrogens with one attached hydrogen (secondary N) is 1. The fraction of sp³-hybridized carbons (Fsp3) is 0.875. The van der Waals surface area contributed by atoms with Crippen molar-refractivity contribution in [3.63, 3.8) is 0 Å². The van der Waals surface area contributed by atoms with Gasteiger partial charge in [-0.2, -0.15) is 0 Å². The molecule has 0 aromatic carbocycles. The molecule has 0 atom stereocenters. The zero-order chi connectivity index (χ0) is 11.0. The molecule has 0 saturated carbocycles. The van der Waals surface area contributed by atoms with E-state index in [4.69, 9.17) is 5.73 Å². The molecule has 14 heavy (non-hydrogen) atoms. The third-order valence-electron chi connectivity index (χ3n) is 1.62. The van der Waals surface area contributed by atoms with E-state index in [0.29, 0.717) is 32.4 Å². The molecule has 0 aliphatic rings. The lowest BCUT2D eigenvalue weighted by Gasteiger charge is -2.03. The molecule has 0 spiro atoms. The summed E-state index contributed by atoms with van der Waals surface area (Å²) in [7, 11) is -2.91. The van der Waals surface area contributed by atoms with E-state index < -0.39 is 9.84 Å². The SMILES string of the molecule is CS(=O)(=O)CCCNC(=O)CCCN. The number of sulfone groups is 1. The molecule has 0 unspecified atom stereocenters. The summed E-state index contributed by atoms with van der Waals surface area (Å²) in [4.78, 5) is 11.0. The lowest BCUT2D eigenvalue weighted by molar-refractivity contribution is -0.121. The van der Waals surface area contributed by atoms with E-state index in [1.54, 1.807) is 0 Å². The summed E-state index contributed by atoms with van der Waals surface area (Å²) >= 11 is 0. The van der Waals surface area contributed by atoms with Gasteiger partial charge in [0.1, 0.15) is 9.84 Å². The van der Waals surface area contributed by atoms with Crippen LogP contribution in [0.1, 0.15) is 19.3 Å². The Morgan fingerprint density at radius 1 is 1.36 bits per heavy atom. The fourth-order valence-corrected chi connectivity index (χ4v) is 1.58. The molecule has 0 aromatic rings. The third-order valence-corrected chi connectivity index (χ3v) is 2.65. The van der Waals surface area contributed by atoms with Gasteiger partial charge in [-0.15, -0.1) is 0 Å². The van der Waals surface area contributed by atoms with E-state index >= 15 is 0 Å². The van der Waals surface area contributed by atoms with Crippen LogP contribution in [0.2, 0.25) is 0 Å². The van der Waals surface area contributed by atoms with E-state index in [0.717, 1.165) is 0 Å². The normalized spacial score (nSPS) is 11.3. The van der Waals surface area contributed by atoms with E-state index in [9.17, 15) is 13.2 Å². The molecule has 0 radical (unpaired) electrons. The highest BCUT2D eigenvalue weighted by Gasteiger charge is 2.03. The molecule has 84 valence electrons. The number of hydrogen-bond acceptors (Lipinski definition) is 4. The van der Waals surface area contributed by atoms with Crippen LogP contribution in [0.4, 0.5) is 0 Å². The average Bonchev–Trinajstić information content (AvgIpc) is 2.07. The molecule has 3 N–H and O–H groups in total. The molecule has 5 nitrogen and oxygen atoms in total. The molecule has 0 aliphatic heterocycles. The Morgan fingerprint density at radius 2 is 2.00 bits per heavy atom. The van der Waals surface area contributed by atoms with Crippen molar-refractivity contribution in [2.45, 2.75) is 19.3 Å². The number of carbonyl (C=O) groups is 1. The maximum absolute atomic E-state index is 11.0. The summed E-state index contributed by atoms with van der Waals surface area (Å²) in [5.74, 6) is 0.0495. The Morgan fingerprint density at radius 3 is 2.50 bits per heavy atom. The standard InChI is InChI=1S/C8H18N2O3S/c1-14(12,13)7-3-6-10-8(11)4-2-5-9/h2-7,9H2,1H3,(H,10,11). The van der Waals surface area contributed by atoms with Crippen molar-refractivity contribution in [2.24, 2.45) is 5.73 Å². The summed E-state index contributed by atoms with van der Waals surface area (Å²) in [5, 5.41) is 2.63. The second-order valence-corrected chi connectivity index (χ2v) is 5.49. The summed E-state index contributed by atoms with van der Waals surface area (Å²) in [6.07, 6.45) is 2.73. The van der Waals surface area contributed by atoms with Gasteiger partial charge in [0, 0.05) is 19.2 Å². The Kier molecular flexibility index (Phi) is 6.48. The van der Waals surface area contributed by atoms with Crippen molar-refractivity contribution in [3.8, 4) is 0 Å². The molecule has 0 saturated heterocycles. The molecule has 0 rings (SSSR count). The van der Waals surface area contributed by atoms with Gasteiger partial charge in [0.2, 0.25) is 5.91 Å². The van der Waals surface area contributed by atoms with Gasteiger partial charge >= 0.3 is 0 Å². The Hall–Kier alpha value is -0.620. The quantitative estimate of drug-likeness (QED) is 0.556. The van der Waals surface area contributed by atoms with Crippen molar-refractivity contribution in [1.82, 2.24) is 5.32 Å². The Balaban J connectivity index is 3.41. The van der Waals surface area contributed by atoms with Crippen molar-refractivity contribution in [2.75, 3.05) is 25.1 Å². The first-order valence-corrected chi connectivity index (χ1v) is 6.66. The van der Waals surface area contributed by atoms with Crippen LogP contribution in [0.25, 0.3) is 0 Å². The second kappa shape index (κ2) is 6.78. The average molecular weight is 222 g/mol. The molecule has 0 aromatic heterocycles. The molecule has 6 heteroatoms. The minimum absolute atomic E-state index is 0.0658. The summed E-state index contributed by atoms with van der Waals surface area (Å²) < 4.78 is 21.4. The first-order valence-electron chi connectivity index (χ1n) is 4.60. The van der Waals surface area contributed by atoms with Crippen LogP contribution in [0, 0.1) is 0 Å². The molecular formula is C8H18N2O3S. The van der Waals surface area contributed by atoms with E-state index in [1.807, 2.05) is 0 Å².